The van der Waals surface area contributed by atoms with E-state index in [0.29, 0.717) is 36.7 Å². The second kappa shape index (κ2) is 9.31. The number of hydrogen-bond donors (Lipinski definition) is 4. The second-order valence-electron chi connectivity index (χ2n) is 7.90. The molecule has 162 valence electrons. The van der Waals surface area contributed by atoms with Crippen LogP contribution in [-0.2, 0) is 4.84 Å². The molecule has 1 aliphatic heterocycles. The molecule has 0 aromatic carbocycles. The summed E-state index contributed by atoms with van der Waals surface area (Å²) in [6.07, 6.45) is 5.47. The maximum absolute atomic E-state index is 5.84. The molecule has 1 fully saturated rings. The minimum Gasteiger partial charge on any atom is -0.476 e. The molecule has 1 atom stereocenters. The van der Waals surface area contributed by atoms with Gasteiger partial charge in [-0.3, -0.25) is 5.10 Å². The Hall–Kier alpha value is -2.85. The number of aromatic nitrogens is 4. The van der Waals surface area contributed by atoms with E-state index in [1.165, 1.54) is 12.8 Å². The van der Waals surface area contributed by atoms with Gasteiger partial charge in [-0.1, -0.05) is 6.92 Å². The predicted octanol–water partition coefficient (Wildman–Crippen LogP) is 2.37. The number of H-pyrrole nitrogens is 1. The number of likely N-dealkylation sites (N-methyl/N-ethyl adjacent to an activating group) is 1. The molecule has 2 aliphatic rings. The first-order valence-electron chi connectivity index (χ1n) is 10.4. The molecule has 1 saturated carbocycles. The van der Waals surface area contributed by atoms with Crippen molar-refractivity contribution in [1.82, 2.24) is 30.5 Å². The summed E-state index contributed by atoms with van der Waals surface area (Å²) in [5.41, 5.74) is 4.14. The van der Waals surface area contributed by atoms with Crippen molar-refractivity contribution in [1.29, 1.82) is 0 Å². The molecule has 1 aliphatic carbocycles. The summed E-state index contributed by atoms with van der Waals surface area (Å²) in [7, 11) is 4.01. The Labute approximate surface area is 176 Å². The van der Waals surface area contributed by atoms with Gasteiger partial charge in [0.25, 0.3) is 0 Å². The van der Waals surface area contributed by atoms with Crippen LogP contribution in [0, 0.1) is 0 Å². The summed E-state index contributed by atoms with van der Waals surface area (Å²) in [5.74, 6) is 3.74. The van der Waals surface area contributed by atoms with Gasteiger partial charge in [-0.15, -0.1) is 0 Å². The number of nitrogens with zero attached hydrogens (tertiary/aromatic N) is 4. The maximum Gasteiger partial charge on any atom is 0.228 e. The van der Waals surface area contributed by atoms with Crippen molar-refractivity contribution in [3.8, 4) is 5.88 Å². The number of nitrogens with one attached hydrogen (secondary N) is 4. The highest BCUT2D eigenvalue weighted by Gasteiger charge is 2.25. The highest BCUT2D eigenvalue weighted by molar-refractivity contribution is 5.55. The molecule has 0 saturated heterocycles. The molecule has 1 unspecified atom stereocenters. The lowest BCUT2D eigenvalue weighted by Gasteiger charge is -2.13. The zero-order valence-electron chi connectivity index (χ0n) is 17.7. The summed E-state index contributed by atoms with van der Waals surface area (Å²) in [4.78, 5) is 16.6. The van der Waals surface area contributed by atoms with Crippen molar-refractivity contribution in [3.05, 3.63) is 29.7 Å². The van der Waals surface area contributed by atoms with Gasteiger partial charge in [0.2, 0.25) is 11.8 Å². The Kier molecular flexibility index (Phi) is 6.34. The van der Waals surface area contributed by atoms with Crippen molar-refractivity contribution in [2.24, 2.45) is 0 Å². The Bertz CT molecular complexity index is 877. The average Bonchev–Trinajstić information content (AvgIpc) is 3.29. The highest BCUT2D eigenvalue weighted by Crippen LogP contribution is 2.39. The van der Waals surface area contributed by atoms with E-state index < -0.39 is 0 Å². The first-order valence-corrected chi connectivity index (χ1v) is 10.4. The van der Waals surface area contributed by atoms with Crippen LogP contribution in [0.5, 0.6) is 5.88 Å². The Morgan fingerprint density at radius 2 is 2.10 bits per heavy atom. The van der Waals surface area contributed by atoms with Crippen LogP contribution in [0.25, 0.3) is 0 Å². The lowest BCUT2D eigenvalue weighted by Crippen LogP contribution is -2.20. The third kappa shape index (κ3) is 5.61. The van der Waals surface area contributed by atoms with Gasteiger partial charge >= 0.3 is 0 Å². The number of hydrogen-bond acceptors (Lipinski definition) is 9. The average molecular weight is 415 g/mol. The monoisotopic (exact) mass is 414 g/mol. The smallest absolute Gasteiger partial charge is 0.228 e. The Morgan fingerprint density at radius 3 is 2.83 bits per heavy atom. The number of hydroxylamine groups is 1. The minimum atomic E-state index is 0.237. The van der Waals surface area contributed by atoms with Crippen molar-refractivity contribution in [2.45, 2.75) is 38.1 Å². The summed E-state index contributed by atoms with van der Waals surface area (Å²) in [6, 6.07) is 4.06. The van der Waals surface area contributed by atoms with Crippen molar-refractivity contribution in [3.63, 3.8) is 0 Å². The Balaban J connectivity index is 1.45. The number of ether oxygens (including phenoxy) is 1. The molecule has 2 aromatic heterocycles. The summed E-state index contributed by atoms with van der Waals surface area (Å²) >= 11 is 0. The van der Waals surface area contributed by atoms with E-state index >= 15 is 0 Å². The van der Waals surface area contributed by atoms with Crippen molar-refractivity contribution < 1.29 is 9.57 Å². The molecule has 3 heterocycles. The molecule has 2 aromatic rings. The first kappa shape index (κ1) is 20.4. The van der Waals surface area contributed by atoms with E-state index in [9.17, 15) is 0 Å². The summed E-state index contributed by atoms with van der Waals surface area (Å²) in [6.45, 7) is 3.92. The molecule has 4 N–H and O–H groups in total. The first-order chi connectivity index (χ1) is 14.6. The van der Waals surface area contributed by atoms with Crippen LogP contribution in [0.4, 0.5) is 17.6 Å². The molecule has 30 heavy (non-hydrogen) atoms. The standard InChI is InChI=1S/C20H30N8O2/c1-4-14-9-15(30-27-14)12-21-20-23-17(11-19(24-20)29-8-7-28(2)3)22-18-10-16(25-26-18)13-5-6-13/h9-11,13-14,27H,4-8,12H2,1-3H3,(H3,21,22,23,24,25,26). The lowest BCUT2D eigenvalue weighted by atomic mass is 10.2. The quantitative estimate of drug-likeness (QED) is 0.440. The SMILES string of the molecule is CCC1C=C(CNc2nc(Nc3cc(C4CC4)[nH]n3)cc(OCCN(C)C)n2)ON1. The van der Waals surface area contributed by atoms with Gasteiger partial charge in [-0.05, 0) is 39.4 Å². The van der Waals surface area contributed by atoms with Gasteiger partial charge < -0.3 is 25.1 Å². The molecule has 10 nitrogen and oxygen atoms in total. The Morgan fingerprint density at radius 1 is 1.23 bits per heavy atom. The van der Waals surface area contributed by atoms with Gasteiger partial charge in [0.1, 0.15) is 18.2 Å². The molecule has 0 amide bonds. The second-order valence-corrected chi connectivity index (χ2v) is 7.90. The minimum absolute atomic E-state index is 0.237. The van der Waals surface area contributed by atoms with Gasteiger partial charge in [-0.25, -0.2) is 0 Å². The molecule has 0 bridgehead atoms. The summed E-state index contributed by atoms with van der Waals surface area (Å²) in [5, 5.41) is 13.9. The maximum atomic E-state index is 5.84. The summed E-state index contributed by atoms with van der Waals surface area (Å²) < 4.78 is 5.84. The predicted molar refractivity (Wildman–Crippen MR) is 115 cm³/mol. The number of aromatic amines is 1. The third-order valence-electron chi connectivity index (χ3n) is 4.95. The fraction of sp³-hybridized carbons (Fsp3) is 0.550. The van der Waals surface area contributed by atoms with Gasteiger partial charge in [-0.2, -0.15) is 20.5 Å². The van der Waals surface area contributed by atoms with Crippen molar-refractivity contribution in [2.75, 3.05) is 44.4 Å². The van der Waals surface area contributed by atoms with E-state index in [2.05, 4.69) is 54.2 Å². The molecule has 10 heteroatoms. The van der Waals surface area contributed by atoms with E-state index in [4.69, 9.17) is 9.57 Å². The van der Waals surface area contributed by atoms with E-state index in [1.54, 1.807) is 6.07 Å². The van der Waals surface area contributed by atoms with Crippen LogP contribution >= 0.6 is 0 Å². The fourth-order valence-electron chi connectivity index (χ4n) is 3.02. The number of anilines is 3. The zero-order valence-corrected chi connectivity index (χ0v) is 17.7. The van der Waals surface area contributed by atoms with E-state index in [0.717, 1.165) is 30.2 Å². The van der Waals surface area contributed by atoms with Gasteiger partial charge in [0.05, 0.1) is 12.6 Å². The van der Waals surface area contributed by atoms with Crippen LogP contribution < -0.4 is 20.9 Å². The van der Waals surface area contributed by atoms with Crippen LogP contribution in [0.15, 0.2) is 24.0 Å². The zero-order chi connectivity index (χ0) is 20.9. The fourth-order valence-corrected chi connectivity index (χ4v) is 3.02. The highest BCUT2D eigenvalue weighted by atomic mass is 16.7. The topological polar surface area (TPSA) is 112 Å². The van der Waals surface area contributed by atoms with Gasteiger partial charge in [0, 0.05) is 30.3 Å². The molecular weight excluding hydrogens is 384 g/mol. The lowest BCUT2D eigenvalue weighted by molar-refractivity contribution is 0.115. The number of rotatable bonds is 11. The van der Waals surface area contributed by atoms with Crippen LogP contribution in [0.3, 0.4) is 0 Å². The van der Waals surface area contributed by atoms with Crippen LogP contribution in [0.1, 0.15) is 37.8 Å². The third-order valence-corrected chi connectivity index (χ3v) is 4.95. The van der Waals surface area contributed by atoms with Crippen LogP contribution in [0.2, 0.25) is 0 Å². The van der Waals surface area contributed by atoms with E-state index in [1.807, 2.05) is 20.2 Å². The van der Waals surface area contributed by atoms with E-state index in [-0.39, 0.29) is 6.04 Å². The molecule has 4 rings (SSSR count). The molecule has 0 spiro atoms. The molecule has 0 radical (unpaired) electrons. The molecular formula is C20H30N8O2. The van der Waals surface area contributed by atoms with Gasteiger partial charge in [0.15, 0.2) is 5.82 Å². The largest absolute Gasteiger partial charge is 0.476 e. The van der Waals surface area contributed by atoms with Crippen LogP contribution in [-0.4, -0.2) is 64.9 Å². The normalized spacial score (nSPS) is 18.3. The van der Waals surface area contributed by atoms with Crippen molar-refractivity contribution >= 4 is 17.6 Å².